The van der Waals surface area contributed by atoms with Crippen molar-refractivity contribution in [3.05, 3.63) is 81.6 Å². The van der Waals surface area contributed by atoms with Crippen molar-refractivity contribution in [3.63, 3.8) is 0 Å². The van der Waals surface area contributed by atoms with Crippen LogP contribution in [0.2, 0.25) is 5.02 Å². The van der Waals surface area contributed by atoms with Crippen molar-refractivity contribution in [1.29, 1.82) is 0 Å². The van der Waals surface area contributed by atoms with Crippen LogP contribution in [0.15, 0.2) is 59.7 Å². The average Bonchev–Trinajstić information content (AvgIpc) is 3.25. The minimum Gasteiger partial charge on any atom is -0.349 e. The van der Waals surface area contributed by atoms with E-state index >= 15 is 0 Å². The quantitative estimate of drug-likeness (QED) is 0.285. The molecule has 1 saturated carbocycles. The summed E-state index contributed by atoms with van der Waals surface area (Å²) in [5.74, 6) is -0.0872. The number of halogens is 3. The topological polar surface area (TPSA) is 123 Å². The lowest BCUT2D eigenvalue weighted by Gasteiger charge is -2.29. The van der Waals surface area contributed by atoms with Gasteiger partial charge in [0.1, 0.15) is 11.5 Å². The smallest absolute Gasteiger partial charge is 0.333 e. The third-order valence-corrected chi connectivity index (χ3v) is 7.48. The first-order valence-corrected chi connectivity index (χ1v) is 13.5. The lowest BCUT2D eigenvalue weighted by atomic mass is 9.85. The van der Waals surface area contributed by atoms with Crippen LogP contribution in [0.5, 0.6) is 0 Å². The second-order valence-electron chi connectivity index (χ2n) is 9.90. The van der Waals surface area contributed by atoms with E-state index in [-0.39, 0.29) is 28.2 Å². The van der Waals surface area contributed by atoms with Gasteiger partial charge in [-0.3, -0.25) is 24.2 Å². The van der Waals surface area contributed by atoms with Gasteiger partial charge < -0.3 is 10.6 Å². The number of amides is 3. The molecule has 1 fully saturated rings. The highest BCUT2D eigenvalue weighted by molar-refractivity contribution is 6.30. The number of nitrogens with zero attached hydrogens (tertiary/aromatic N) is 4. The molecule has 3 aromatic heterocycles. The Hall–Kier alpha value is -4.32. The van der Waals surface area contributed by atoms with Crippen molar-refractivity contribution in [2.24, 2.45) is 5.92 Å². The number of urea groups is 1. The van der Waals surface area contributed by atoms with Gasteiger partial charge in [-0.1, -0.05) is 23.7 Å². The van der Waals surface area contributed by atoms with Gasteiger partial charge in [0.15, 0.2) is 0 Å². The summed E-state index contributed by atoms with van der Waals surface area (Å²) < 4.78 is 30.0. The molecule has 3 N–H and O–H groups in total. The van der Waals surface area contributed by atoms with Gasteiger partial charge in [0.2, 0.25) is 0 Å². The maximum absolute atomic E-state index is 13.6. The van der Waals surface area contributed by atoms with E-state index in [1.54, 1.807) is 21.3 Å². The van der Waals surface area contributed by atoms with Crippen molar-refractivity contribution in [1.82, 2.24) is 29.7 Å². The van der Waals surface area contributed by atoms with E-state index in [9.17, 15) is 23.2 Å². The molecule has 4 aromatic rings. The van der Waals surface area contributed by atoms with Gasteiger partial charge in [0, 0.05) is 25.8 Å². The van der Waals surface area contributed by atoms with Crippen molar-refractivity contribution < 1.29 is 18.4 Å². The van der Waals surface area contributed by atoms with Gasteiger partial charge in [0.25, 0.3) is 12.3 Å². The molecule has 3 heterocycles. The van der Waals surface area contributed by atoms with E-state index in [4.69, 9.17) is 11.6 Å². The number of nitrogens with one attached hydrogen (secondary N) is 3. The van der Waals surface area contributed by atoms with Gasteiger partial charge in [-0.15, -0.1) is 0 Å². The zero-order chi connectivity index (χ0) is 29.1. The predicted octanol–water partition coefficient (Wildman–Crippen LogP) is 4.91. The number of imidazole rings is 1. The first-order chi connectivity index (χ1) is 19.7. The zero-order valence-corrected chi connectivity index (χ0v) is 22.9. The van der Waals surface area contributed by atoms with Crippen LogP contribution in [0.3, 0.4) is 0 Å². The second kappa shape index (κ2) is 12.0. The van der Waals surface area contributed by atoms with Crippen LogP contribution in [0.25, 0.3) is 16.7 Å². The fourth-order valence-corrected chi connectivity index (χ4v) is 5.38. The summed E-state index contributed by atoms with van der Waals surface area (Å²) in [7, 11) is 1.50. The number of anilines is 1. The Kier molecular flexibility index (Phi) is 8.29. The standard InChI is InChI=1S/C28H28ClF2N7O3/c1-32-27(40)36-23-11-10-19(14-33-23)38-22-5-3-2-4-21(22)37(28(38)41)15-16-6-8-18(9-7-16)35-26(39)20-12-17(29)13-34-24(20)25(30)31/h2-5,10-14,16,18,25H,6-9,15H2,1H3,(H,35,39)(H2,32,33,36,40)/t16-,18-. The SMILES string of the molecule is CNC(=O)Nc1ccc(-n2c(=O)n(C[C@H]3CC[C@H](NC(=O)c4cc(Cl)cnc4C(F)F)CC3)c3ccccc32)cn1. The Labute approximate surface area is 238 Å². The van der Waals surface area contributed by atoms with Crippen molar-refractivity contribution >= 4 is 40.4 Å². The summed E-state index contributed by atoms with van der Waals surface area (Å²) in [6, 6.07) is 11.5. The molecule has 1 aliphatic rings. The minimum atomic E-state index is -2.89. The van der Waals surface area contributed by atoms with Crippen LogP contribution in [0, 0.1) is 5.92 Å². The summed E-state index contributed by atoms with van der Waals surface area (Å²) in [5, 5.41) is 8.01. The molecule has 1 aromatic carbocycles. The number of carbonyl (C=O) groups is 2. The number of alkyl halides is 2. The summed E-state index contributed by atoms with van der Waals surface area (Å²) >= 11 is 5.89. The van der Waals surface area contributed by atoms with Crippen LogP contribution in [0.1, 0.15) is 48.2 Å². The maximum Gasteiger partial charge on any atom is 0.333 e. The molecule has 0 unspecified atom stereocenters. The van der Waals surface area contributed by atoms with E-state index in [1.807, 2.05) is 24.3 Å². The minimum absolute atomic E-state index is 0.111. The molecule has 10 nitrogen and oxygen atoms in total. The number of carbonyl (C=O) groups excluding carboxylic acids is 2. The molecule has 0 saturated heterocycles. The number of hydrogen-bond acceptors (Lipinski definition) is 5. The Balaban J connectivity index is 1.29. The monoisotopic (exact) mass is 583 g/mol. The lowest BCUT2D eigenvalue weighted by molar-refractivity contribution is 0.0904. The highest BCUT2D eigenvalue weighted by atomic mass is 35.5. The van der Waals surface area contributed by atoms with Gasteiger partial charge in [0.05, 0.1) is 33.5 Å². The Morgan fingerprint density at radius 2 is 1.78 bits per heavy atom. The van der Waals surface area contributed by atoms with Crippen molar-refractivity contribution in [3.8, 4) is 5.69 Å². The average molecular weight is 584 g/mol. The van der Waals surface area contributed by atoms with E-state index < -0.39 is 24.1 Å². The summed E-state index contributed by atoms with van der Waals surface area (Å²) in [5.41, 5.74) is 1.07. The first kappa shape index (κ1) is 28.2. The molecule has 41 heavy (non-hydrogen) atoms. The number of benzene rings is 1. The molecule has 0 spiro atoms. The molecule has 1 aliphatic carbocycles. The van der Waals surface area contributed by atoms with Crippen LogP contribution in [-0.2, 0) is 6.54 Å². The lowest BCUT2D eigenvalue weighted by Crippen LogP contribution is -2.39. The molecular weight excluding hydrogens is 556 g/mol. The van der Waals surface area contributed by atoms with Crippen LogP contribution >= 0.6 is 11.6 Å². The fraction of sp³-hybridized carbons (Fsp3) is 0.321. The van der Waals surface area contributed by atoms with Crippen molar-refractivity contribution in [2.75, 3.05) is 12.4 Å². The molecule has 13 heteroatoms. The van der Waals surface area contributed by atoms with Crippen LogP contribution in [-0.4, -0.2) is 44.1 Å². The van der Waals surface area contributed by atoms with E-state index in [2.05, 4.69) is 25.9 Å². The van der Waals surface area contributed by atoms with Gasteiger partial charge in [-0.2, -0.15) is 0 Å². The maximum atomic E-state index is 13.6. The molecule has 0 radical (unpaired) electrons. The third kappa shape index (κ3) is 6.07. The number of para-hydroxylation sites is 2. The van der Waals surface area contributed by atoms with Gasteiger partial charge >= 0.3 is 11.7 Å². The van der Waals surface area contributed by atoms with E-state index in [0.717, 1.165) is 30.1 Å². The molecule has 0 bridgehead atoms. The molecule has 214 valence electrons. The Morgan fingerprint density at radius 3 is 2.44 bits per heavy atom. The number of hydrogen-bond donors (Lipinski definition) is 3. The number of pyridine rings is 2. The predicted molar refractivity (Wildman–Crippen MR) is 151 cm³/mol. The molecule has 3 amide bonds. The molecule has 5 rings (SSSR count). The third-order valence-electron chi connectivity index (χ3n) is 7.27. The summed E-state index contributed by atoms with van der Waals surface area (Å²) in [6.45, 7) is 0.491. The largest absolute Gasteiger partial charge is 0.349 e. The number of rotatable bonds is 7. The van der Waals surface area contributed by atoms with Gasteiger partial charge in [-0.05, 0) is 61.9 Å². The Morgan fingerprint density at radius 1 is 1.05 bits per heavy atom. The Bertz CT molecular complexity index is 1630. The van der Waals surface area contributed by atoms with E-state index in [0.29, 0.717) is 30.9 Å². The highest BCUT2D eigenvalue weighted by Crippen LogP contribution is 2.29. The zero-order valence-electron chi connectivity index (χ0n) is 22.1. The summed E-state index contributed by atoms with van der Waals surface area (Å²) in [4.78, 5) is 45.9. The normalized spacial score (nSPS) is 17.0. The molecule has 0 aliphatic heterocycles. The molecule has 0 atom stereocenters. The fourth-order valence-electron chi connectivity index (χ4n) is 5.22. The van der Waals surface area contributed by atoms with Crippen LogP contribution < -0.4 is 21.6 Å². The second-order valence-corrected chi connectivity index (χ2v) is 10.3. The number of aromatic nitrogens is 4. The number of fused-ring (bicyclic) bond motifs is 1. The first-order valence-electron chi connectivity index (χ1n) is 13.1. The van der Waals surface area contributed by atoms with Crippen molar-refractivity contribution in [2.45, 2.75) is 44.7 Å². The van der Waals surface area contributed by atoms with Gasteiger partial charge in [-0.25, -0.2) is 23.4 Å². The highest BCUT2D eigenvalue weighted by Gasteiger charge is 2.27. The van der Waals surface area contributed by atoms with E-state index in [1.165, 1.54) is 19.3 Å². The van der Waals surface area contributed by atoms with Crippen LogP contribution in [0.4, 0.5) is 19.4 Å². The summed E-state index contributed by atoms with van der Waals surface area (Å²) in [6.07, 6.45) is 2.52. The molecular formula is C28H28ClF2N7O3.